The summed E-state index contributed by atoms with van der Waals surface area (Å²) in [6, 6.07) is 0. The Morgan fingerprint density at radius 2 is 1.76 bits per heavy atom. The molecule has 0 N–H and O–H groups in total. The number of Topliss-reactive ketones (excluding diaryl/α,β-unsaturated/α-hetero) is 1. The molecule has 0 bridgehead atoms. The summed E-state index contributed by atoms with van der Waals surface area (Å²) in [4.78, 5) is 22.9. The fraction of sp³-hybridized carbons (Fsp3) is 0.833. The van der Waals surface area contributed by atoms with Gasteiger partial charge in [0.2, 0.25) is 0 Å². The summed E-state index contributed by atoms with van der Waals surface area (Å²) in [6.07, 6.45) is -0.872. The predicted molar refractivity (Wildman–Crippen MR) is 62.8 cm³/mol. The van der Waals surface area contributed by atoms with Crippen LogP contribution in [0.3, 0.4) is 0 Å². The molecule has 0 heterocycles. The van der Waals surface area contributed by atoms with E-state index in [4.69, 9.17) is 14.2 Å². The van der Waals surface area contributed by atoms with Crippen molar-refractivity contribution < 1.29 is 23.8 Å². The fourth-order valence-electron chi connectivity index (χ4n) is 1.06. The van der Waals surface area contributed by atoms with Crippen molar-refractivity contribution in [3.63, 3.8) is 0 Å². The average molecular weight is 246 g/mol. The number of carbonyl (C=O) groups excluding carboxylic acids is 2. The van der Waals surface area contributed by atoms with E-state index in [9.17, 15) is 9.59 Å². The van der Waals surface area contributed by atoms with E-state index in [1.54, 1.807) is 34.8 Å². The van der Waals surface area contributed by atoms with Crippen LogP contribution in [-0.4, -0.2) is 43.8 Å². The number of esters is 1. The van der Waals surface area contributed by atoms with Crippen molar-refractivity contribution in [2.24, 2.45) is 0 Å². The van der Waals surface area contributed by atoms with E-state index in [1.807, 2.05) is 0 Å². The van der Waals surface area contributed by atoms with Crippen molar-refractivity contribution in [2.75, 3.05) is 20.3 Å². The quantitative estimate of drug-likeness (QED) is 0.385. The Kier molecular flexibility index (Phi) is 6.99. The molecule has 0 aromatic heterocycles. The predicted octanol–water partition coefficient (Wildman–Crippen LogP) is 1.34. The maximum atomic E-state index is 11.6. The van der Waals surface area contributed by atoms with Gasteiger partial charge in [0.1, 0.15) is 18.1 Å². The molecule has 0 saturated carbocycles. The van der Waals surface area contributed by atoms with Crippen LogP contribution in [0.25, 0.3) is 0 Å². The number of ketones is 1. The Balaban J connectivity index is 3.95. The van der Waals surface area contributed by atoms with E-state index in [0.717, 1.165) is 0 Å². The normalized spacial score (nSPS) is 13.2. The summed E-state index contributed by atoms with van der Waals surface area (Å²) < 4.78 is 15.0. The van der Waals surface area contributed by atoms with Crippen LogP contribution in [0.5, 0.6) is 0 Å². The van der Waals surface area contributed by atoms with Crippen LogP contribution in [0.1, 0.15) is 34.1 Å². The molecule has 5 nitrogen and oxygen atoms in total. The minimum atomic E-state index is -0.613. The fourth-order valence-corrected chi connectivity index (χ4v) is 1.06. The molecule has 0 aromatic rings. The molecule has 0 aromatic carbocycles. The maximum absolute atomic E-state index is 11.6. The summed E-state index contributed by atoms with van der Waals surface area (Å²) in [5, 5.41) is 0. The standard InChI is InChI=1S/C12H22O5/c1-9(16-7-6-15-5)10(13)8-11(14)17-12(2,3)4/h9H,6-8H2,1-5H3/t9-/m1/s1. The van der Waals surface area contributed by atoms with E-state index in [1.165, 1.54) is 0 Å². The molecule has 17 heavy (non-hydrogen) atoms. The highest BCUT2D eigenvalue weighted by Gasteiger charge is 2.22. The van der Waals surface area contributed by atoms with Crippen LogP contribution in [0, 0.1) is 0 Å². The molecule has 0 aliphatic rings. The van der Waals surface area contributed by atoms with Crippen LogP contribution >= 0.6 is 0 Å². The smallest absolute Gasteiger partial charge is 0.313 e. The topological polar surface area (TPSA) is 61.8 Å². The molecule has 0 rings (SSSR count). The zero-order valence-electron chi connectivity index (χ0n) is 11.2. The number of hydrogen-bond donors (Lipinski definition) is 0. The third kappa shape index (κ3) is 8.83. The third-order valence-electron chi connectivity index (χ3n) is 1.85. The molecule has 1 atom stereocenters. The molecular weight excluding hydrogens is 224 g/mol. The molecule has 0 unspecified atom stereocenters. The summed E-state index contributed by atoms with van der Waals surface area (Å²) >= 11 is 0. The Hall–Kier alpha value is -0.940. The molecule has 100 valence electrons. The minimum absolute atomic E-state index is 0.259. The van der Waals surface area contributed by atoms with E-state index in [2.05, 4.69) is 0 Å². The lowest BCUT2D eigenvalue weighted by atomic mass is 10.1. The van der Waals surface area contributed by atoms with Crippen molar-refractivity contribution in [3.8, 4) is 0 Å². The minimum Gasteiger partial charge on any atom is -0.460 e. The average Bonchev–Trinajstić information content (AvgIpc) is 2.14. The van der Waals surface area contributed by atoms with Gasteiger partial charge in [0, 0.05) is 7.11 Å². The lowest BCUT2D eigenvalue weighted by molar-refractivity contribution is -0.157. The number of hydrogen-bond acceptors (Lipinski definition) is 5. The monoisotopic (exact) mass is 246 g/mol. The molecule has 0 amide bonds. The molecule has 0 saturated heterocycles. The van der Waals surface area contributed by atoms with Crippen LogP contribution in [0.4, 0.5) is 0 Å². The van der Waals surface area contributed by atoms with Gasteiger partial charge in [0.05, 0.1) is 13.2 Å². The number of carbonyl (C=O) groups is 2. The second kappa shape index (κ2) is 7.40. The van der Waals surface area contributed by atoms with E-state index in [0.29, 0.717) is 13.2 Å². The largest absolute Gasteiger partial charge is 0.460 e. The summed E-state index contributed by atoms with van der Waals surface area (Å²) in [6.45, 7) is 7.64. The Bertz CT molecular complexity index is 254. The molecule has 0 aliphatic heterocycles. The molecule has 5 heteroatoms. The van der Waals surface area contributed by atoms with Crippen molar-refractivity contribution in [1.82, 2.24) is 0 Å². The van der Waals surface area contributed by atoms with Gasteiger partial charge in [-0.1, -0.05) is 0 Å². The first kappa shape index (κ1) is 16.1. The molecule has 0 spiro atoms. The van der Waals surface area contributed by atoms with E-state index in [-0.39, 0.29) is 12.2 Å². The molecular formula is C12H22O5. The molecule has 0 radical (unpaired) electrons. The van der Waals surface area contributed by atoms with Gasteiger partial charge < -0.3 is 14.2 Å². The number of ether oxygens (including phenoxy) is 3. The van der Waals surface area contributed by atoms with Crippen molar-refractivity contribution >= 4 is 11.8 Å². The van der Waals surface area contributed by atoms with Gasteiger partial charge >= 0.3 is 5.97 Å². The summed E-state index contributed by atoms with van der Waals surface area (Å²) in [5.41, 5.74) is -0.572. The highest BCUT2D eigenvalue weighted by Crippen LogP contribution is 2.09. The van der Waals surface area contributed by atoms with Gasteiger partial charge in [0.25, 0.3) is 0 Å². The van der Waals surface area contributed by atoms with Crippen LogP contribution in [-0.2, 0) is 23.8 Å². The highest BCUT2D eigenvalue weighted by atomic mass is 16.6. The number of rotatable bonds is 7. The molecule has 0 aliphatic carbocycles. The second-order valence-corrected chi connectivity index (χ2v) is 4.74. The van der Waals surface area contributed by atoms with Crippen molar-refractivity contribution in [1.29, 1.82) is 0 Å². The number of methoxy groups -OCH3 is 1. The van der Waals surface area contributed by atoms with Gasteiger partial charge in [-0.05, 0) is 27.7 Å². The van der Waals surface area contributed by atoms with Gasteiger partial charge in [0.15, 0.2) is 5.78 Å². The first-order valence-electron chi connectivity index (χ1n) is 5.61. The summed E-state index contributed by atoms with van der Waals surface area (Å²) in [5.74, 6) is -0.806. The first-order chi connectivity index (χ1) is 7.76. The SMILES string of the molecule is COCCO[C@H](C)C(=O)CC(=O)OC(C)(C)C. The van der Waals surface area contributed by atoms with E-state index < -0.39 is 17.7 Å². The Labute approximate surface area is 102 Å². The molecule has 0 fully saturated rings. The zero-order valence-corrected chi connectivity index (χ0v) is 11.2. The lowest BCUT2D eigenvalue weighted by Gasteiger charge is -2.19. The highest BCUT2D eigenvalue weighted by molar-refractivity contribution is 5.97. The van der Waals surface area contributed by atoms with Gasteiger partial charge in [-0.15, -0.1) is 0 Å². The summed E-state index contributed by atoms with van der Waals surface area (Å²) in [7, 11) is 1.55. The van der Waals surface area contributed by atoms with Crippen LogP contribution < -0.4 is 0 Å². The van der Waals surface area contributed by atoms with Gasteiger partial charge in [-0.25, -0.2) is 0 Å². The van der Waals surface area contributed by atoms with E-state index >= 15 is 0 Å². The zero-order chi connectivity index (χ0) is 13.5. The van der Waals surface area contributed by atoms with Crippen molar-refractivity contribution in [3.05, 3.63) is 0 Å². The van der Waals surface area contributed by atoms with Gasteiger partial charge in [-0.3, -0.25) is 9.59 Å². The van der Waals surface area contributed by atoms with Crippen LogP contribution in [0.15, 0.2) is 0 Å². The Morgan fingerprint density at radius 1 is 1.18 bits per heavy atom. The Morgan fingerprint density at radius 3 is 2.24 bits per heavy atom. The first-order valence-corrected chi connectivity index (χ1v) is 5.61. The lowest BCUT2D eigenvalue weighted by Crippen LogP contribution is -2.29. The second-order valence-electron chi connectivity index (χ2n) is 4.74. The third-order valence-corrected chi connectivity index (χ3v) is 1.85. The van der Waals surface area contributed by atoms with Crippen LogP contribution in [0.2, 0.25) is 0 Å². The van der Waals surface area contributed by atoms with Gasteiger partial charge in [-0.2, -0.15) is 0 Å². The van der Waals surface area contributed by atoms with Crippen molar-refractivity contribution in [2.45, 2.75) is 45.8 Å². The maximum Gasteiger partial charge on any atom is 0.313 e.